The molecule has 1 N–H and O–H groups in total. The molecule has 100 valence electrons. The van der Waals surface area contributed by atoms with Crippen molar-refractivity contribution in [3.63, 3.8) is 0 Å². The van der Waals surface area contributed by atoms with Crippen LogP contribution in [0, 0.1) is 11.7 Å². The fourth-order valence-corrected chi connectivity index (χ4v) is 2.64. The van der Waals surface area contributed by atoms with Crippen LogP contribution in [0.3, 0.4) is 0 Å². The first-order valence-electron chi connectivity index (χ1n) is 6.35. The van der Waals surface area contributed by atoms with E-state index in [1.54, 1.807) is 6.07 Å². The molecule has 0 radical (unpaired) electrons. The summed E-state index contributed by atoms with van der Waals surface area (Å²) in [6.45, 7) is 1.57. The zero-order chi connectivity index (χ0) is 13.0. The van der Waals surface area contributed by atoms with Gasteiger partial charge < -0.3 is 9.84 Å². The molecule has 1 unspecified atom stereocenters. The first-order chi connectivity index (χ1) is 8.65. The molecular formula is C14H18ClFO2. The number of hydrogen-bond acceptors (Lipinski definition) is 2. The maximum absolute atomic E-state index is 12.9. The average Bonchev–Trinajstić information content (AvgIpc) is 2.34. The molecule has 1 aromatic carbocycles. The smallest absolute Gasteiger partial charge is 0.124 e. The summed E-state index contributed by atoms with van der Waals surface area (Å²) in [6, 6.07) is 4.31. The predicted octanol–water partition coefficient (Wildman–Crippen LogP) is 3.20. The predicted molar refractivity (Wildman–Crippen MR) is 69.3 cm³/mol. The molecule has 0 aromatic heterocycles. The van der Waals surface area contributed by atoms with E-state index in [4.69, 9.17) is 16.3 Å². The molecular weight excluding hydrogens is 255 g/mol. The van der Waals surface area contributed by atoms with Gasteiger partial charge in [0.2, 0.25) is 0 Å². The van der Waals surface area contributed by atoms with E-state index in [0.717, 1.165) is 38.0 Å². The zero-order valence-electron chi connectivity index (χ0n) is 10.2. The van der Waals surface area contributed by atoms with Gasteiger partial charge in [-0.25, -0.2) is 4.39 Å². The third-order valence-electron chi connectivity index (χ3n) is 3.42. The van der Waals surface area contributed by atoms with Crippen LogP contribution in [0.25, 0.3) is 0 Å². The van der Waals surface area contributed by atoms with Gasteiger partial charge in [0.1, 0.15) is 5.82 Å². The normalized spacial score (nSPS) is 18.8. The Hall–Kier alpha value is -0.640. The van der Waals surface area contributed by atoms with Gasteiger partial charge in [0.15, 0.2) is 0 Å². The molecule has 18 heavy (non-hydrogen) atoms. The molecule has 1 fully saturated rings. The Labute approximate surface area is 112 Å². The number of aliphatic hydroxyl groups is 1. The SMILES string of the molecule is OC(Cc1ccc(F)cc1Cl)CC1CCOCC1. The average molecular weight is 273 g/mol. The molecule has 0 aliphatic carbocycles. The van der Waals surface area contributed by atoms with Crippen LogP contribution in [0.5, 0.6) is 0 Å². The largest absolute Gasteiger partial charge is 0.393 e. The summed E-state index contributed by atoms with van der Waals surface area (Å²) < 4.78 is 18.2. The summed E-state index contributed by atoms with van der Waals surface area (Å²) in [5.41, 5.74) is 0.803. The minimum absolute atomic E-state index is 0.345. The molecule has 0 saturated carbocycles. The van der Waals surface area contributed by atoms with Crippen molar-refractivity contribution < 1.29 is 14.2 Å². The quantitative estimate of drug-likeness (QED) is 0.912. The number of rotatable bonds is 4. The van der Waals surface area contributed by atoms with Crippen LogP contribution in [0.15, 0.2) is 18.2 Å². The lowest BCUT2D eigenvalue weighted by atomic mass is 9.91. The minimum atomic E-state index is -0.420. The summed E-state index contributed by atoms with van der Waals surface area (Å²) in [5.74, 6) is 0.177. The first-order valence-corrected chi connectivity index (χ1v) is 6.72. The second kappa shape index (κ2) is 6.50. The third kappa shape index (κ3) is 3.94. The van der Waals surface area contributed by atoms with E-state index >= 15 is 0 Å². The van der Waals surface area contributed by atoms with Gasteiger partial charge in [0.25, 0.3) is 0 Å². The summed E-state index contributed by atoms with van der Waals surface area (Å²) in [4.78, 5) is 0. The topological polar surface area (TPSA) is 29.5 Å². The number of hydrogen-bond donors (Lipinski definition) is 1. The van der Waals surface area contributed by atoms with Gasteiger partial charge in [-0.05, 0) is 49.3 Å². The van der Waals surface area contributed by atoms with Crippen molar-refractivity contribution in [2.24, 2.45) is 5.92 Å². The van der Waals surface area contributed by atoms with Gasteiger partial charge >= 0.3 is 0 Å². The van der Waals surface area contributed by atoms with Crippen molar-refractivity contribution in [2.45, 2.75) is 31.8 Å². The Morgan fingerprint density at radius 3 is 2.78 bits per heavy atom. The van der Waals surface area contributed by atoms with E-state index in [-0.39, 0.29) is 5.82 Å². The van der Waals surface area contributed by atoms with Crippen LogP contribution < -0.4 is 0 Å². The van der Waals surface area contributed by atoms with E-state index < -0.39 is 6.10 Å². The third-order valence-corrected chi connectivity index (χ3v) is 3.77. The lowest BCUT2D eigenvalue weighted by molar-refractivity contribution is 0.0439. The molecule has 1 aliphatic rings. The molecule has 2 rings (SSSR count). The van der Waals surface area contributed by atoms with Crippen molar-refractivity contribution in [1.82, 2.24) is 0 Å². The second-order valence-electron chi connectivity index (χ2n) is 4.89. The minimum Gasteiger partial charge on any atom is -0.393 e. The molecule has 1 atom stereocenters. The van der Waals surface area contributed by atoms with Crippen LogP contribution in [0.2, 0.25) is 5.02 Å². The molecule has 1 heterocycles. The number of ether oxygens (including phenoxy) is 1. The first kappa shape index (κ1) is 13.8. The highest BCUT2D eigenvalue weighted by atomic mass is 35.5. The molecule has 1 aromatic rings. The number of benzene rings is 1. The lowest BCUT2D eigenvalue weighted by Gasteiger charge is -2.24. The van der Waals surface area contributed by atoms with Gasteiger partial charge in [0.05, 0.1) is 6.10 Å². The Balaban J connectivity index is 1.87. The van der Waals surface area contributed by atoms with Crippen LogP contribution in [-0.2, 0) is 11.2 Å². The fraction of sp³-hybridized carbons (Fsp3) is 0.571. The Bertz CT molecular complexity index is 391. The lowest BCUT2D eigenvalue weighted by Crippen LogP contribution is -2.22. The maximum atomic E-state index is 12.9. The monoisotopic (exact) mass is 272 g/mol. The fourth-order valence-electron chi connectivity index (χ4n) is 2.39. The van der Waals surface area contributed by atoms with Crippen LogP contribution in [-0.4, -0.2) is 24.4 Å². The highest BCUT2D eigenvalue weighted by molar-refractivity contribution is 6.31. The standard InChI is InChI=1S/C14H18ClFO2/c15-14-9-12(16)2-1-11(14)8-13(17)7-10-3-5-18-6-4-10/h1-2,9-10,13,17H,3-8H2. The molecule has 2 nitrogen and oxygen atoms in total. The Kier molecular flexibility index (Phi) is 4.98. The molecule has 1 saturated heterocycles. The van der Waals surface area contributed by atoms with Gasteiger partial charge in [-0.2, -0.15) is 0 Å². The number of halogens is 2. The van der Waals surface area contributed by atoms with Crippen LogP contribution in [0.4, 0.5) is 4.39 Å². The Morgan fingerprint density at radius 2 is 2.11 bits per heavy atom. The van der Waals surface area contributed by atoms with Gasteiger partial charge in [0, 0.05) is 18.2 Å². The van der Waals surface area contributed by atoms with Gasteiger partial charge in [-0.3, -0.25) is 0 Å². The summed E-state index contributed by atoms with van der Waals surface area (Å²) in [5, 5.41) is 10.4. The van der Waals surface area contributed by atoms with Crippen molar-refractivity contribution in [3.05, 3.63) is 34.6 Å². The van der Waals surface area contributed by atoms with Crippen molar-refractivity contribution >= 4 is 11.6 Å². The summed E-state index contributed by atoms with van der Waals surface area (Å²) in [6.07, 6.45) is 2.84. The van der Waals surface area contributed by atoms with E-state index in [1.165, 1.54) is 12.1 Å². The van der Waals surface area contributed by atoms with E-state index in [2.05, 4.69) is 0 Å². The van der Waals surface area contributed by atoms with E-state index in [9.17, 15) is 9.50 Å². The molecule has 0 amide bonds. The maximum Gasteiger partial charge on any atom is 0.124 e. The van der Waals surface area contributed by atoms with Gasteiger partial charge in [-0.15, -0.1) is 0 Å². The highest BCUT2D eigenvalue weighted by Gasteiger charge is 2.18. The number of aliphatic hydroxyl groups excluding tert-OH is 1. The van der Waals surface area contributed by atoms with Crippen molar-refractivity contribution in [2.75, 3.05) is 13.2 Å². The second-order valence-corrected chi connectivity index (χ2v) is 5.29. The highest BCUT2D eigenvalue weighted by Crippen LogP contribution is 2.24. The molecule has 1 aliphatic heterocycles. The molecule has 0 spiro atoms. The van der Waals surface area contributed by atoms with Crippen molar-refractivity contribution in [1.29, 1.82) is 0 Å². The van der Waals surface area contributed by atoms with E-state index in [1.807, 2.05) is 0 Å². The summed E-state index contributed by atoms with van der Waals surface area (Å²) in [7, 11) is 0. The van der Waals surface area contributed by atoms with E-state index in [0.29, 0.717) is 17.4 Å². The molecule has 0 bridgehead atoms. The van der Waals surface area contributed by atoms with Crippen LogP contribution >= 0.6 is 11.6 Å². The van der Waals surface area contributed by atoms with Gasteiger partial charge in [-0.1, -0.05) is 17.7 Å². The van der Waals surface area contributed by atoms with Crippen molar-refractivity contribution in [3.8, 4) is 0 Å². The molecule has 4 heteroatoms. The van der Waals surface area contributed by atoms with Crippen LogP contribution in [0.1, 0.15) is 24.8 Å². The summed E-state index contributed by atoms with van der Waals surface area (Å²) >= 11 is 5.95. The zero-order valence-corrected chi connectivity index (χ0v) is 11.0. The Morgan fingerprint density at radius 1 is 1.39 bits per heavy atom.